The normalized spacial score (nSPS) is 16.8. The first kappa shape index (κ1) is 20.7. The van der Waals surface area contributed by atoms with E-state index in [0.717, 1.165) is 31.2 Å². The van der Waals surface area contributed by atoms with E-state index in [1.54, 1.807) is 13.0 Å². The number of hydrogen-bond acceptors (Lipinski definition) is 6. The third-order valence-corrected chi connectivity index (χ3v) is 5.67. The number of amides is 1. The molecule has 0 radical (unpaired) electrons. The van der Waals surface area contributed by atoms with Crippen molar-refractivity contribution in [3.8, 4) is 0 Å². The van der Waals surface area contributed by atoms with Crippen molar-refractivity contribution in [1.82, 2.24) is 10.2 Å². The van der Waals surface area contributed by atoms with E-state index in [-0.39, 0.29) is 22.7 Å². The van der Waals surface area contributed by atoms with Crippen molar-refractivity contribution in [2.24, 2.45) is 0 Å². The van der Waals surface area contributed by atoms with Crippen LogP contribution in [0.4, 0.5) is 0 Å². The number of benzene rings is 1. The number of nitrogens with zero attached hydrogens (tertiary/aromatic N) is 1. The van der Waals surface area contributed by atoms with Gasteiger partial charge in [0.05, 0.1) is 25.9 Å². The summed E-state index contributed by atoms with van der Waals surface area (Å²) in [4.78, 5) is 27.5. The first-order chi connectivity index (χ1) is 12.3. The molecule has 7 heteroatoms. The van der Waals surface area contributed by atoms with Crippen molar-refractivity contribution in [3.63, 3.8) is 0 Å². The third kappa shape index (κ3) is 5.46. The Hall–Kier alpha value is -1.57. The van der Waals surface area contributed by atoms with E-state index in [9.17, 15) is 9.59 Å². The molecule has 6 nitrogen and oxygen atoms in total. The number of esters is 1. The van der Waals surface area contributed by atoms with E-state index in [0.29, 0.717) is 12.1 Å². The molecular formula is C19H28N2O4S. The minimum absolute atomic E-state index is 0.133. The highest BCUT2D eigenvalue weighted by atomic mass is 32.2. The highest BCUT2D eigenvalue weighted by Crippen LogP contribution is 2.27. The zero-order chi connectivity index (χ0) is 19.2. The van der Waals surface area contributed by atoms with Crippen LogP contribution in [0.3, 0.4) is 0 Å². The predicted octanol–water partition coefficient (Wildman–Crippen LogP) is 2.18. The second-order valence-electron chi connectivity index (χ2n) is 6.87. The molecule has 1 aliphatic heterocycles. The Morgan fingerprint density at radius 3 is 2.62 bits per heavy atom. The maximum atomic E-state index is 12.7. The monoisotopic (exact) mass is 380 g/mol. The van der Waals surface area contributed by atoms with Crippen LogP contribution in [0.5, 0.6) is 0 Å². The van der Waals surface area contributed by atoms with Gasteiger partial charge in [-0.1, -0.05) is 12.1 Å². The van der Waals surface area contributed by atoms with Crippen LogP contribution in [-0.2, 0) is 14.3 Å². The maximum Gasteiger partial charge on any atom is 0.318 e. The number of thioether (sulfide) groups is 1. The van der Waals surface area contributed by atoms with Crippen molar-refractivity contribution in [1.29, 1.82) is 0 Å². The number of nitrogens with one attached hydrogen (secondary N) is 1. The Bertz CT molecular complexity index is 630. The number of carbonyl (C=O) groups excluding carboxylic acids is 2. The van der Waals surface area contributed by atoms with E-state index in [1.807, 2.05) is 18.2 Å². The molecule has 1 N–H and O–H groups in total. The van der Waals surface area contributed by atoms with Crippen molar-refractivity contribution in [2.75, 3.05) is 40.0 Å². The quantitative estimate of drug-likeness (QED) is 0.578. The van der Waals surface area contributed by atoms with Crippen LogP contribution in [0.1, 0.15) is 31.1 Å². The summed E-state index contributed by atoms with van der Waals surface area (Å²) in [5.41, 5.74) is 0.423. The molecule has 0 saturated carbocycles. The fourth-order valence-corrected chi connectivity index (χ4v) is 3.85. The smallest absolute Gasteiger partial charge is 0.318 e. The van der Waals surface area contributed by atoms with Gasteiger partial charge in [0.1, 0.15) is 5.25 Å². The van der Waals surface area contributed by atoms with Gasteiger partial charge in [-0.2, -0.15) is 0 Å². The summed E-state index contributed by atoms with van der Waals surface area (Å²) in [6.45, 7) is 9.74. The summed E-state index contributed by atoms with van der Waals surface area (Å²) in [7, 11) is 1.37. The van der Waals surface area contributed by atoms with Crippen LogP contribution >= 0.6 is 11.8 Å². The van der Waals surface area contributed by atoms with Crippen molar-refractivity contribution in [2.45, 2.75) is 36.5 Å². The molecule has 0 aliphatic carbocycles. The van der Waals surface area contributed by atoms with Gasteiger partial charge in [-0.3, -0.25) is 14.5 Å². The lowest BCUT2D eigenvalue weighted by Gasteiger charge is -2.40. The molecule has 144 valence electrons. The summed E-state index contributed by atoms with van der Waals surface area (Å²) in [6, 6.07) is 7.32. The average molecular weight is 381 g/mol. The lowest BCUT2D eigenvalue weighted by Crippen LogP contribution is -2.55. The minimum atomic E-state index is -0.376. The standard InChI is InChI=1S/C19H28N2O4S/c1-14(18(23)24-4)26-16-8-6-5-7-15(16)17(22)20-13-19(2,3)21-9-11-25-12-10-21/h5-8,14H,9-13H2,1-4H3,(H,20,22). The molecule has 0 spiro atoms. The van der Waals surface area contributed by atoms with Gasteiger partial charge in [0.15, 0.2) is 0 Å². The van der Waals surface area contributed by atoms with Crippen LogP contribution in [0.15, 0.2) is 29.2 Å². The number of carbonyl (C=O) groups is 2. The first-order valence-corrected chi connectivity index (χ1v) is 9.67. The van der Waals surface area contributed by atoms with Crippen molar-refractivity contribution >= 4 is 23.6 Å². The van der Waals surface area contributed by atoms with Gasteiger partial charge in [0.25, 0.3) is 5.91 Å². The zero-order valence-corrected chi connectivity index (χ0v) is 16.7. The Balaban J connectivity index is 2.01. The number of hydrogen-bond donors (Lipinski definition) is 1. The van der Waals surface area contributed by atoms with Crippen LogP contribution in [-0.4, -0.2) is 67.5 Å². The Morgan fingerprint density at radius 2 is 1.96 bits per heavy atom. The minimum Gasteiger partial charge on any atom is -0.468 e. The fraction of sp³-hybridized carbons (Fsp3) is 0.579. The van der Waals surface area contributed by atoms with Crippen LogP contribution in [0.25, 0.3) is 0 Å². The molecule has 1 saturated heterocycles. The van der Waals surface area contributed by atoms with Gasteiger partial charge in [-0.05, 0) is 32.9 Å². The topological polar surface area (TPSA) is 67.9 Å². The summed E-state index contributed by atoms with van der Waals surface area (Å²) in [5.74, 6) is -0.440. The molecule has 26 heavy (non-hydrogen) atoms. The highest BCUT2D eigenvalue weighted by molar-refractivity contribution is 8.00. The molecule has 1 unspecified atom stereocenters. The molecule has 1 aromatic carbocycles. The predicted molar refractivity (Wildman–Crippen MR) is 103 cm³/mol. The van der Waals surface area contributed by atoms with E-state index < -0.39 is 0 Å². The van der Waals surface area contributed by atoms with E-state index in [4.69, 9.17) is 9.47 Å². The molecule has 1 heterocycles. The zero-order valence-electron chi connectivity index (χ0n) is 15.9. The number of morpholine rings is 1. The Morgan fingerprint density at radius 1 is 1.31 bits per heavy atom. The summed E-state index contributed by atoms with van der Waals surface area (Å²) >= 11 is 1.33. The lowest BCUT2D eigenvalue weighted by atomic mass is 10.0. The van der Waals surface area contributed by atoms with Crippen LogP contribution < -0.4 is 5.32 Å². The lowest BCUT2D eigenvalue weighted by molar-refractivity contribution is -0.139. The summed E-state index contributed by atoms with van der Waals surface area (Å²) < 4.78 is 10.2. The second-order valence-corrected chi connectivity index (χ2v) is 8.26. The number of ether oxygens (including phenoxy) is 2. The van der Waals surface area contributed by atoms with Gasteiger partial charge in [-0.25, -0.2) is 0 Å². The number of rotatable bonds is 7. The van der Waals surface area contributed by atoms with Gasteiger partial charge in [0, 0.05) is 30.1 Å². The Kier molecular flexibility index (Phi) is 7.49. The van der Waals surface area contributed by atoms with Gasteiger partial charge < -0.3 is 14.8 Å². The number of methoxy groups -OCH3 is 1. The second kappa shape index (κ2) is 9.39. The Labute approximate surface area is 159 Å². The first-order valence-electron chi connectivity index (χ1n) is 8.79. The average Bonchev–Trinajstić information content (AvgIpc) is 2.66. The molecule has 2 rings (SSSR count). The molecule has 1 amide bonds. The van der Waals surface area contributed by atoms with E-state index in [1.165, 1.54) is 18.9 Å². The molecular weight excluding hydrogens is 352 g/mol. The highest BCUT2D eigenvalue weighted by Gasteiger charge is 2.29. The summed E-state index contributed by atoms with van der Waals surface area (Å²) in [5, 5.41) is 2.67. The van der Waals surface area contributed by atoms with Gasteiger partial charge in [0.2, 0.25) is 0 Å². The fourth-order valence-electron chi connectivity index (χ4n) is 2.83. The summed E-state index contributed by atoms with van der Waals surface area (Å²) in [6.07, 6.45) is 0. The van der Waals surface area contributed by atoms with Crippen LogP contribution in [0.2, 0.25) is 0 Å². The maximum absolute atomic E-state index is 12.7. The molecule has 1 aromatic rings. The molecule has 1 fully saturated rings. The van der Waals surface area contributed by atoms with Gasteiger partial charge in [-0.15, -0.1) is 11.8 Å². The largest absolute Gasteiger partial charge is 0.468 e. The molecule has 1 atom stereocenters. The van der Waals surface area contributed by atoms with Crippen LogP contribution in [0, 0.1) is 0 Å². The molecule has 0 bridgehead atoms. The van der Waals surface area contributed by atoms with Crippen molar-refractivity contribution < 1.29 is 19.1 Å². The van der Waals surface area contributed by atoms with E-state index in [2.05, 4.69) is 24.1 Å². The van der Waals surface area contributed by atoms with E-state index >= 15 is 0 Å². The SMILES string of the molecule is COC(=O)C(C)Sc1ccccc1C(=O)NCC(C)(C)N1CCOCC1. The van der Waals surface area contributed by atoms with Crippen molar-refractivity contribution in [3.05, 3.63) is 29.8 Å². The van der Waals surface area contributed by atoms with Gasteiger partial charge >= 0.3 is 5.97 Å². The molecule has 1 aliphatic rings. The molecule has 0 aromatic heterocycles. The third-order valence-electron chi connectivity index (χ3n) is 4.52.